The number of carbonyl (C=O) groups is 3. The van der Waals surface area contributed by atoms with E-state index >= 15 is 0 Å². The van der Waals surface area contributed by atoms with E-state index in [1.54, 1.807) is 11.9 Å². The van der Waals surface area contributed by atoms with Gasteiger partial charge < -0.3 is 9.80 Å². The summed E-state index contributed by atoms with van der Waals surface area (Å²) in [5.74, 6) is 0.151. The molecule has 1 saturated heterocycles. The molecule has 2 heterocycles. The summed E-state index contributed by atoms with van der Waals surface area (Å²) in [6.45, 7) is 3.36. The van der Waals surface area contributed by atoms with E-state index in [-0.39, 0.29) is 12.3 Å². The Morgan fingerprint density at radius 3 is 2.06 bits per heavy atom. The minimum Gasteiger partial charge on any atom is -0.336 e. The Kier molecular flexibility index (Phi) is 6.32. The molecular weight excluding hydrogens is 406 g/mol. The van der Waals surface area contributed by atoms with Crippen molar-refractivity contribution in [2.45, 2.75) is 32.2 Å². The van der Waals surface area contributed by atoms with Gasteiger partial charge in [-0.25, -0.2) is 9.79 Å². The molecule has 1 fully saturated rings. The molecule has 0 aromatic heterocycles. The summed E-state index contributed by atoms with van der Waals surface area (Å²) < 4.78 is 0. The van der Waals surface area contributed by atoms with Crippen LogP contribution in [0, 0.1) is 0 Å². The molecule has 2 aromatic rings. The SMILES string of the molecule is CC(=O)CN1C(CN(Cc2ccccc2)Cc2ccccc2)=NC2C1C(=O)NC(=O)N2C. The molecule has 0 bridgehead atoms. The van der Waals surface area contributed by atoms with Crippen molar-refractivity contribution < 1.29 is 14.4 Å². The van der Waals surface area contributed by atoms with Crippen LogP contribution >= 0.6 is 0 Å². The molecule has 2 unspecified atom stereocenters. The lowest BCUT2D eigenvalue weighted by atomic mass is 10.1. The van der Waals surface area contributed by atoms with E-state index < -0.39 is 24.1 Å². The highest BCUT2D eigenvalue weighted by Crippen LogP contribution is 2.25. The van der Waals surface area contributed by atoms with Gasteiger partial charge in [0.25, 0.3) is 5.91 Å². The summed E-state index contributed by atoms with van der Waals surface area (Å²) >= 11 is 0. The molecular formula is C24H27N5O3. The fourth-order valence-electron chi connectivity index (χ4n) is 4.19. The Morgan fingerprint density at radius 1 is 0.969 bits per heavy atom. The summed E-state index contributed by atoms with van der Waals surface area (Å²) in [5, 5.41) is 2.37. The number of fused-ring (bicyclic) bond motifs is 1. The Hall–Kier alpha value is -3.52. The topological polar surface area (TPSA) is 85.3 Å². The lowest BCUT2D eigenvalue weighted by Crippen LogP contribution is -2.64. The second kappa shape index (κ2) is 9.32. The number of nitrogens with zero attached hydrogens (tertiary/aromatic N) is 4. The molecule has 166 valence electrons. The maximum absolute atomic E-state index is 12.6. The van der Waals surface area contributed by atoms with Gasteiger partial charge in [-0.15, -0.1) is 0 Å². The number of aliphatic imine (C=N–C) groups is 1. The van der Waals surface area contributed by atoms with Crippen LogP contribution in [0.2, 0.25) is 0 Å². The Labute approximate surface area is 187 Å². The predicted octanol–water partition coefficient (Wildman–Crippen LogP) is 1.87. The average Bonchev–Trinajstić information content (AvgIpc) is 3.11. The predicted molar refractivity (Wildman–Crippen MR) is 121 cm³/mol. The number of rotatable bonds is 8. The second-order valence-corrected chi connectivity index (χ2v) is 8.26. The van der Waals surface area contributed by atoms with Crippen molar-refractivity contribution in [1.29, 1.82) is 0 Å². The quantitative estimate of drug-likeness (QED) is 0.687. The molecule has 0 saturated carbocycles. The molecule has 32 heavy (non-hydrogen) atoms. The minimum atomic E-state index is -0.702. The lowest BCUT2D eigenvalue weighted by Gasteiger charge is -2.36. The van der Waals surface area contributed by atoms with Gasteiger partial charge in [0.2, 0.25) is 0 Å². The first-order valence-corrected chi connectivity index (χ1v) is 10.6. The first-order valence-electron chi connectivity index (χ1n) is 10.6. The molecule has 4 rings (SSSR count). The van der Waals surface area contributed by atoms with Gasteiger partial charge in [-0.3, -0.25) is 19.8 Å². The molecule has 2 aromatic carbocycles. The maximum Gasteiger partial charge on any atom is 0.325 e. The third kappa shape index (κ3) is 4.70. The first-order chi connectivity index (χ1) is 15.4. The van der Waals surface area contributed by atoms with Gasteiger partial charge in [-0.1, -0.05) is 60.7 Å². The van der Waals surface area contributed by atoms with Gasteiger partial charge >= 0.3 is 6.03 Å². The van der Waals surface area contributed by atoms with Crippen molar-refractivity contribution in [2.75, 3.05) is 20.1 Å². The van der Waals surface area contributed by atoms with Crippen molar-refractivity contribution >= 4 is 23.6 Å². The summed E-state index contributed by atoms with van der Waals surface area (Å²) in [4.78, 5) is 46.9. The highest BCUT2D eigenvalue weighted by molar-refractivity contribution is 6.05. The molecule has 2 atom stereocenters. The molecule has 0 aliphatic carbocycles. The van der Waals surface area contributed by atoms with E-state index in [1.165, 1.54) is 11.8 Å². The number of amides is 3. The number of hydrogen-bond acceptors (Lipinski definition) is 6. The zero-order valence-electron chi connectivity index (χ0n) is 18.3. The first kappa shape index (κ1) is 21.7. The van der Waals surface area contributed by atoms with Crippen molar-refractivity contribution in [3.8, 4) is 0 Å². The van der Waals surface area contributed by atoms with Crippen molar-refractivity contribution in [1.82, 2.24) is 20.0 Å². The van der Waals surface area contributed by atoms with Crippen LogP contribution in [0.15, 0.2) is 65.7 Å². The van der Waals surface area contributed by atoms with Gasteiger partial charge in [0, 0.05) is 20.1 Å². The third-order valence-electron chi connectivity index (χ3n) is 5.70. The zero-order valence-corrected chi connectivity index (χ0v) is 18.3. The standard InChI is InChI=1S/C24H27N5O3/c1-17(30)13-29-20(25-22-21(29)23(31)26-24(32)27(22)2)16-28(14-18-9-5-3-6-10-18)15-19-11-7-4-8-12-19/h3-12,21-22H,13-16H2,1-2H3,(H,26,31,32). The largest absolute Gasteiger partial charge is 0.336 e. The second-order valence-electron chi connectivity index (χ2n) is 8.26. The normalized spacial score (nSPS) is 20.3. The van der Waals surface area contributed by atoms with E-state index in [0.717, 1.165) is 11.1 Å². The smallest absolute Gasteiger partial charge is 0.325 e. The monoisotopic (exact) mass is 433 g/mol. The fraction of sp³-hybridized carbons (Fsp3) is 0.333. The van der Waals surface area contributed by atoms with Crippen molar-refractivity contribution in [2.24, 2.45) is 4.99 Å². The molecule has 1 N–H and O–H groups in total. The summed E-state index contributed by atoms with van der Waals surface area (Å²) in [6.07, 6.45) is -0.638. The van der Waals surface area contributed by atoms with Crippen LogP contribution in [-0.2, 0) is 22.7 Å². The molecule has 2 aliphatic heterocycles. The molecule has 8 heteroatoms. The fourth-order valence-corrected chi connectivity index (χ4v) is 4.19. The number of likely N-dealkylation sites (N-methyl/N-ethyl adjacent to an activating group) is 1. The molecule has 2 aliphatic rings. The van der Waals surface area contributed by atoms with E-state index in [1.807, 2.05) is 36.4 Å². The van der Waals surface area contributed by atoms with Crippen LogP contribution in [0.1, 0.15) is 18.1 Å². The molecule has 0 spiro atoms. The van der Waals surface area contributed by atoms with Gasteiger partial charge in [-0.05, 0) is 18.1 Å². The Morgan fingerprint density at radius 2 is 1.53 bits per heavy atom. The zero-order chi connectivity index (χ0) is 22.7. The van der Waals surface area contributed by atoms with Gasteiger partial charge in [-0.2, -0.15) is 0 Å². The minimum absolute atomic E-state index is 0.0663. The van der Waals surface area contributed by atoms with E-state index in [0.29, 0.717) is 25.5 Å². The molecule has 0 radical (unpaired) electrons. The third-order valence-corrected chi connectivity index (χ3v) is 5.70. The highest BCUT2D eigenvalue weighted by atomic mass is 16.2. The Bertz CT molecular complexity index is 983. The average molecular weight is 434 g/mol. The molecule has 8 nitrogen and oxygen atoms in total. The number of benzene rings is 2. The number of nitrogens with one attached hydrogen (secondary N) is 1. The van der Waals surface area contributed by atoms with E-state index in [4.69, 9.17) is 4.99 Å². The number of carbonyl (C=O) groups excluding carboxylic acids is 3. The summed E-state index contributed by atoms with van der Waals surface area (Å²) in [5.41, 5.74) is 2.31. The summed E-state index contributed by atoms with van der Waals surface area (Å²) in [7, 11) is 1.61. The summed E-state index contributed by atoms with van der Waals surface area (Å²) in [6, 6.07) is 19.1. The Balaban J connectivity index is 1.62. The number of imide groups is 1. The van der Waals surface area contributed by atoms with Crippen molar-refractivity contribution in [3.63, 3.8) is 0 Å². The van der Waals surface area contributed by atoms with Crippen LogP contribution in [0.3, 0.4) is 0 Å². The number of amidine groups is 1. The van der Waals surface area contributed by atoms with Gasteiger partial charge in [0.05, 0.1) is 13.1 Å². The number of hydrogen-bond donors (Lipinski definition) is 1. The molecule has 3 amide bonds. The van der Waals surface area contributed by atoms with Crippen LogP contribution in [-0.4, -0.2) is 70.6 Å². The van der Waals surface area contributed by atoms with E-state index in [9.17, 15) is 14.4 Å². The maximum atomic E-state index is 12.6. The lowest BCUT2D eigenvalue weighted by molar-refractivity contribution is -0.128. The van der Waals surface area contributed by atoms with Gasteiger partial charge in [0.1, 0.15) is 11.6 Å². The number of urea groups is 1. The van der Waals surface area contributed by atoms with Crippen LogP contribution in [0.4, 0.5) is 4.79 Å². The van der Waals surface area contributed by atoms with E-state index in [2.05, 4.69) is 34.5 Å². The van der Waals surface area contributed by atoms with Crippen LogP contribution < -0.4 is 5.32 Å². The van der Waals surface area contributed by atoms with Crippen molar-refractivity contribution in [3.05, 3.63) is 71.8 Å². The number of Topliss-reactive ketones (excluding diaryl/α,β-unsaturated/α-hetero) is 1. The number of ketones is 1. The van der Waals surface area contributed by atoms with Crippen LogP contribution in [0.5, 0.6) is 0 Å². The highest BCUT2D eigenvalue weighted by Gasteiger charge is 2.48. The van der Waals surface area contributed by atoms with Crippen LogP contribution in [0.25, 0.3) is 0 Å². The van der Waals surface area contributed by atoms with Gasteiger partial charge in [0.15, 0.2) is 12.2 Å².